The molecule has 2 aromatic carbocycles. The summed E-state index contributed by atoms with van der Waals surface area (Å²) in [6, 6.07) is 14.5. The molecule has 1 heterocycles. The molecule has 0 unspecified atom stereocenters. The predicted octanol–water partition coefficient (Wildman–Crippen LogP) is 3.41. The lowest BCUT2D eigenvalue weighted by molar-refractivity contribution is -0.132. The van der Waals surface area contributed by atoms with Gasteiger partial charge in [-0.25, -0.2) is 14.4 Å². The van der Waals surface area contributed by atoms with Crippen LogP contribution in [0.3, 0.4) is 0 Å². The van der Waals surface area contributed by atoms with Crippen LogP contribution in [0, 0.1) is 0 Å². The van der Waals surface area contributed by atoms with Crippen molar-refractivity contribution in [1.82, 2.24) is 0 Å². The Morgan fingerprint density at radius 1 is 0.828 bits per heavy atom. The van der Waals surface area contributed by atoms with Crippen molar-refractivity contribution in [3.8, 4) is 0 Å². The van der Waals surface area contributed by atoms with E-state index in [1.54, 1.807) is 40.1 Å². The maximum atomic E-state index is 12.8. The number of carbonyl (C=O) groups is 3. The monoisotopic (exact) mass is 392 g/mol. The lowest BCUT2D eigenvalue weighted by atomic mass is 10.1. The van der Waals surface area contributed by atoms with Gasteiger partial charge in [-0.05, 0) is 47.9 Å². The molecule has 0 saturated carbocycles. The van der Waals surface area contributed by atoms with Crippen molar-refractivity contribution < 1.29 is 24.6 Å². The van der Waals surface area contributed by atoms with Gasteiger partial charge in [-0.2, -0.15) is 0 Å². The highest BCUT2D eigenvalue weighted by Crippen LogP contribution is 2.26. The van der Waals surface area contributed by atoms with Crippen LogP contribution in [0.4, 0.5) is 16.2 Å². The molecule has 2 aromatic rings. The molecule has 2 N–H and O–H groups in total. The molecule has 0 radical (unpaired) electrons. The first-order valence-electron chi connectivity index (χ1n) is 9.02. The second-order valence-electron chi connectivity index (χ2n) is 6.46. The number of carboxylic acid groups (broad SMARTS) is 2. The largest absolute Gasteiger partial charge is 0.478 e. The summed E-state index contributed by atoms with van der Waals surface area (Å²) in [5, 5.41) is 17.3. The Morgan fingerprint density at radius 3 is 1.86 bits per heavy atom. The molecule has 3 rings (SSSR count). The zero-order valence-corrected chi connectivity index (χ0v) is 15.6. The fourth-order valence-electron chi connectivity index (χ4n) is 3.06. The van der Waals surface area contributed by atoms with Crippen molar-refractivity contribution in [2.24, 2.45) is 0 Å². The number of benzene rings is 2. The number of urea groups is 1. The molecule has 0 atom stereocenters. The van der Waals surface area contributed by atoms with Crippen molar-refractivity contribution in [3.63, 3.8) is 0 Å². The van der Waals surface area contributed by atoms with Gasteiger partial charge in [0.2, 0.25) is 0 Å². The smallest absolute Gasteiger partial charge is 0.329 e. The molecule has 0 aromatic heterocycles. The number of anilines is 2. The number of rotatable bonds is 7. The van der Waals surface area contributed by atoms with Crippen LogP contribution >= 0.6 is 0 Å². The molecule has 148 valence electrons. The molecule has 0 aliphatic carbocycles. The highest BCUT2D eigenvalue weighted by Gasteiger charge is 2.30. The number of hydrogen-bond donors (Lipinski definition) is 2. The normalized spacial score (nSPS) is 14.3. The summed E-state index contributed by atoms with van der Waals surface area (Å²) < 4.78 is 0. The summed E-state index contributed by atoms with van der Waals surface area (Å²) in [4.78, 5) is 37.3. The topological polar surface area (TPSA) is 98.2 Å². The van der Waals surface area contributed by atoms with Gasteiger partial charge in [-0.15, -0.1) is 0 Å². The number of aliphatic carboxylic acids is 2. The van der Waals surface area contributed by atoms with E-state index in [1.807, 2.05) is 24.3 Å². The van der Waals surface area contributed by atoms with Crippen LogP contribution in [0.15, 0.2) is 66.8 Å². The van der Waals surface area contributed by atoms with E-state index in [4.69, 9.17) is 10.2 Å². The maximum Gasteiger partial charge on any atom is 0.329 e. The van der Waals surface area contributed by atoms with E-state index in [2.05, 4.69) is 0 Å². The molecular weight excluding hydrogens is 372 g/mol. The predicted molar refractivity (Wildman–Crippen MR) is 110 cm³/mol. The Hall–Kier alpha value is -3.87. The molecule has 0 spiro atoms. The van der Waals surface area contributed by atoms with E-state index >= 15 is 0 Å². The average molecular weight is 392 g/mol. The van der Waals surface area contributed by atoms with Crippen molar-refractivity contribution in [2.45, 2.75) is 6.42 Å². The van der Waals surface area contributed by atoms with Crippen LogP contribution in [-0.2, 0) is 16.0 Å². The number of nitrogens with zero attached hydrogens (tertiary/aromatic N) is 2. The zero-order valence-electron chi connectivity index (χ0n) is 15.6. The second kappa shape index (κ2) is 8.88. The Balaban J connectivity index is 1.66. The Kier molecular flexibility index (Phi) is 6.09. The highest BCUT2D eigenvalue weighted by molar-refractivity contribution is 6.06. The van der Waals surface area contributed by atoms with E-state index in [9.17, 15) is 14.4 Å². The quantitative estimate of drug-likeness (QED) is 0.704. The van der Waals surface area contributed by atoms with Crippen molar-refractivity contribution >= 4 is 35.4 Å². The van der Waals surface area contributed by atoms with E-state index in [1.165, 1.54) is 6.08 Å². The third kappa shape index (κ3) is 5.10. The number of carbonyl (C=O) groups excluding carboxylic acids is 1. The van der Waals surface area contributed by atoms with Crippen molar-refractivity contribution in [3.05, 3.63) is 77.9 Å². The fourth-order valence-corrected chi connectivity index (χ4v) is 3.06. The number of allylic oxidation sites excluding steroid dienone is 1. The number of hydrogen-bond acceptors (Lipinski definition) is 3. The first-order valence-corrected chi connectivity index (χ1v) is 9.02. The Morgan fingerprint density at radius 2 is 1.34 bits per heavy atom. The van der Waals surface area contributed by atoms with Crippen LogP contribution in [0.2, 0.25) is 0 Å². The van der Waals surface area contributed by atoms with Crippen LogP contribution in [0.1, 0.15) is 11.1 Å². The minimum Gasteiger partial charge on any atom is -0.478 e. The second-order valence-corrected chi connectivity index (χ2v) is 6.46. The molecule has 1 aliphatic rings. The summed E-state index contributed by atoms with van der Waals surface area (Å²) in [5.74, 6) is -1.99. The summed E-state index contributed by atoms with van der Waals surface area (Å²) >= 11 is 0. The van der Waals surface area contributed by atoms with Crippen LogP contribution in [0.5, 0.6) is 0 Å². The van der Waals surface area contributed by atoms with Gasteiger partial charge < -0.3 is 10.2 Å². The summed E-state index contributed by atoms with van der Waals surface area (Å²) in [7, 11) is 0. The van der Waals surface area contributed by atoms with Gasteiger partial charge in [0.05, 0.1) is 0 Å². The molecule has 0 bridgehead atoms. The molecule has 7 heteroatoms. The average Bonchev–Trinajstić information content (AvgIpc) is 3.08. The Labute approximate surface area is 167 Å². The Bertz CT molecular complexity index is 962. The van der Waals surface area contributed by atoms with Crippen LogP contribution in [0.25, 0.3) is 6.08 Å². The van der Waals surface area contributed by atoms with Gasteiger partial charge >= 0.3 is 18.0 Å². The minimum absolute atomic E-state index is 0.127. The van der Waals surface area contributed by atoms with Crippen molar-refractivity contribution in [2.75, 3.05) is 22.9 Å². The van der Waals surface area contributed by atoms with Gasteiger partial charge in [0.1, 0.15) is 0 Å². The summed E-state index contributed by atoms with van der Waals surface area (Å²) in [6.07, 6.45) is 5.76. The summed E-state index contributed by atoms with van der Waals surface area (Å²) in [5.41, 5.74) is 3.23. The van der Waals surface area contributed by atoms with E-state index in [0.29, 0.717) is 19.5 Å². The maximum absolute atomic E-state index is 12.8. The van der Waals surface area contributed by atoms with Gasteiger partial charge in [-0.1, -0.05) is 30.3 Å². The molecule has 29 heavy (non-hydrogen) atoms. The molecular formula is C22H20N2O5. The van der Waals surface area contributed by atoms with E-state index in [0.717, 1.165) is 34.7 Å². The van der Waals surface area contributed by atoms with Crippen molar-refractivity contribution in [1.29, 1.82) is 0 Å². The standard InChI is InChI=1S/C22H20N2O5/c25-20(26)3-1-2-16-4-9-18(10-5-16)23-14-15-24(22(23)29)19-11-6-17(7-12-19)8-13-21(27)28/h1,3-13H,2,14-15H2,(H,25,26)(H,27,28)/b3-1+,13-8+. The van der Waals surface area contributed by atoms with Crippen LogP contribution < -0.4 is 9.80 Å². The van der Waals surface area contributed by atoms with Gasteiger partial charge in [-0.3, -0.25) is 9.80 Å². The molecule has 1 fully saturated rings. The van der Waals surface area contributed by atoms with E-state index in [-0.39, 0.29) is 6.03 Å². The number of carboxylic acids is 2. The third-order valence-corrected chi connectivity index (χ3v) is 4.49. The zero-order chi connectivity index (χ0) is 20.8. The molecule has 2 amide bonds. The first kappa shape index (κ1) is 19.9. The molecule has 1 saturated heterocycles. The molecule has 7 nitrogen and oxygen atoms in total. The fraction of sp³-hybridized carbons (Fsp3) is 0.136. The van der Waals surface area contributed by atoms with Crippen LogP contribution in [-0.4, -0.2) is 41.3 Å². The highest BCUT2D eigenvalue weighted by atomic mass is 16.4. The minimum atomic E-state index is -1.01. The molecule has 1 aliphatic heterocycles. The lowest BCUT2D eigenvalue weighted by Gasteiger charge is -2.19. The van der Waals surface area contributed by atoms with Gasteiger partial charge in [0, 0.05) is 36.6 Å². The SMILES string of the molecule is O=C(O)/C=C/Cc1ccc(N2CCN(c3ccc(/C=C/C(=O)O)cc3)C2=O)cc1. The van der Waals surface area contributed by atoms with Gasteiger partial charge in [0.25, 0.3) is 0 Å². The summed E-state index contributed by atoms with van der Waals surface area (Å²) in [6.45, 7) is 1.10. The third-order valence-electron chi connectivity index (χ3n) is 4.49. The first-order chi connectivity index (χ1) is 13.9. The van der Waals surface area contributed by atoms with E-state index < -0.39 is 11.9 Å². The number of amides is 2. The lowest BCUT2D eigenvalue weighted by Crippen LogP contribution is -2.31. The van der Waals surface area contributed by atoms with Gasteiger partial charge in [0.15, 0.2) is 0 Å².